The molecule has 0 spiro atoms. The van der Waals surface area contributed by atoms with Crippen molar-refractivity contribution in [3.63, 3.8) is 0 Å². The first-order chi connectivity index (χ1) is 10.1. The van der Waals surface area contributed by atoms with Crippen LogP contribution in [0.5, 0.6) is 0 Å². The Kier molecular flexibility index (Phi) is 4.19. The average molecular weight is 310 g/mol. The van der Waals surface area contributed by atoms with Gasteiger partial charge in [-0.3, -0.25) is 0 Å². The van der Waals surface area contributed by atoms with Crippen LogP contribution >= 0.6 is 0 Å². The fraction of sp³-hybridized carbons (Fsp3) is 0.600. The van der Waals surface area contributed by atoms with E-state index in [-0.39, 0.29) is 0 Å². The molecule has 2 heterocycles. The molecule has 21 heavy (non-hydrogen) atoms. The predicted molar refractivity (Wildman–Crippen MR) is 82.2 cm³/mol. The van der Waals surface area contributed by atoms with Crippen LogP contribution in [0.2, 0.25) is 0 Å². The smallest absolute Gasteiger partial charge is 0.243 e. The van der Waals surface area contributed by atoms with E-state index >= 15 is 0 Å². The fourth-order valence-electron chi connectivity index (χ4n) is 2.96. The van der Waals surface area contributed by atoms with Crippen LogP contribution in [0.3, 0.4) is 0 Å². The maximum Gasteiger partial charge on any atom is 0.243 e. The third-order valence-corrected chi connectivity index (χ3v) is 6.27. The van der Waals surface area contributed by atoms with Gasteiger partial charge in [0.2, 0.25) is 10.0 Å². The Morgan fingerprint density at radius 2 is 1.71 bits per heavy atom. The molecule has 2 aliphatic heterocycles. The van der Waals surface area contributed by atoms with Crippen LogP contribution < -0.4 is 4.90 Å². The van der Waals surface area contributed by atoms with Crippen LogP contribution in [0.4, 0.5) is 5.69 Å². The Labute approximate surface area is 126 Å². The molecule has 2 saturated heterocycles. The Bertz CT molecular complexity index is 603. The van der Waals surface area contributed by atoms with Gasteiger partial charge >= 0.3 is 0 Å². The van der Waals surface area contributed by atoms with E-state index in [1.165, 1.54) is 17.1 Å². The number of anilines is 1. The quantitative estimate of drug-likeness (QED) is 0.851. The van der Waals surface area contributed by atoms with Gasteiger partial charge in [-0.25, -0.2) is 8.42 Å². The predicted octanol–water partition coefficient (Wildman–Crippen LogP) is 1.62. The number of nitrogens with zero attached hydrogens (tertiary/aromatic N) is 2. The summed E-state index contributed by atoms with van der Waals surface area (Å²) < 4.78 is 32.4. The Balaban J connectivity index is 1.94. The van der Waals surface area contributed by atoms with Crippen LogP contribution in [0, 0.1) is 6.92 Å². The highest BCUT2D eigenvalue weighted by Crippen LogP contribution is 2.28. The van der Waals surface area contributed by atoms with Gasteiger partial charge in [0.1, 0.15) is 0 Å². The largest absolute Gasteiger partial charge is 0.379 e. The summed E-state index contributed by atoms with van der Waals surface area (Å²) in [5.74, 6) is 0. The zero-order chi connectivity index (χ0) is 14.9. The fourth-order valence-corrected chi connectivity index (χ4v) is 4.62. The van der Waals surface area contributed by atoms with Gasteiger partial charge in [0, 0.05) is 31.9 Å². The molecule has 0 saturated carbocycles. The van der Waals surface area contributed by atoms with Crippen LogP contribution in [0.25, 0.3) is 0 Å². The summed E-state index contributed by atoms with van der Waals surface area (Å²) in [5.41, 5.74) is 1.83. The molecule has 0 unspecified atom stereocenters. The summed E-state index contributed by atoms with van der Waals surface area (Å²) in [6.45, 7) is 5.72. The zero-order valence-corrected chi connectivity index (χ0v) is 13.2. The van der Waals surface area contributed by atoms with E-state index in [0.717, 1.165) is 24.3 Å². The topological polar surface area (TPSA) is 49.9 Å². The van der Waals surface area contributed by atoms with Gasteiger partial charge < -0.3 is 9.64 Å². The summed E-state index contributed by atoms with van der Waals surface area (Å²) in [6.07, 6.45) is 2.36. The van der Waals surface area contributed by atoms with E-state index in [9.17, 15) is 8.42 Å². The minimum atomic E-state index is -3.42. The molecule has 0 aromatic heterocycles. The van der Waals surface area contributed by atoms with Gasteiger partial charge in [0.25, 0.3) is 0 Å². The number of benzene rings is 1. The van der Waals surface area contributed by atoms with Gasteiger partial charge in [-0.2, -0.15) is 4.31 Å². The lowest BCUT2D eigenvalue weighted by atomic mass is 10.2. The maximum atomic E-state index is 12.8. The number of morpholine rings is 1. The summed E-state index contributed by atoms with van der Waals surface area (Å²) in [5, 5.41) is 0. The lowest BCUT2D eigenvalue weighted by Crippen LogP contribution is -2.40. The standard InChI is InChI=1S/C15H22N2O3S/c1-13-4-5-14(16-6-2-3-7-16)12-15(13)21(18,19)17-8-10-20-11-9-17/h4-5,12H,2-3,6-11H2,1H3. The second-order valence-corrected chi connectivity index (χ2v) is 7.57. The van der Waals surface area contributed by atoms with Crippen LogP contribution in [0.1, 0.15) is 18.4 Å². The molecular weight excluding hydrogens is 288 g/mol. The van der Waals surface area contributed by atoms with E-state index in [0.29, 0.717) is 31.2 Å². The Hall–Kier alpha value is -1.11. The molecule has 2 fully saturated rings. The summed E-state index contributed by atoms with van der Waals surface area (Å²) >= 11 is 0. The molecule has 5 nitrogen and oxygen atoms in total. The maximum absolute atomic E-state index is 12.8. The summed E-state index contributed by atoms with van der Waals surface area (Å²) in [4.78, 5) is 2.70. The van der Waals surface area contributed by atoms with Crippen LogP contribution in [0.15, 0.2) is 23.1 Å². The minimum Gasteiger partial charge on any atom is -0.379 e. The third kappa shape index (κ3) is 2.93. The number of aryl methyl sites for hydroxylation is 1. The first-order valence-corrected chi connectivity index (χ1v) is 8.96. The lowest BCUT2D eigenvalue weighted by Gasteiger charge is -2.27. The SMILES string of the molecule is Cc1ccc(N2CCCC2)cc1S(=O)(=O)N1CCOCC1. The highest BCUT2D eigenvalue weighted by molar-refractivity contribution is 7.89. The van der Waals surface area contributed by atoms with Gasteiger partial charge in [0.05, 0.1) is 18.1 Å². The van der Waals surface area contributed by atoms with Crippen molar-refractivity contribution in [3.05, 3.63) is 23.8 Å². The molecule has 116 valence electrons. The Morgan fingerprint density at radius 3 is 2.38 bits per heavy atom. The monoisotopic (exact) mass is 310 g/mol. The zero-order valence-electron chi connectivity index (χ0n) is 12.4. The number of rotatable bonds is 3. The molecular formula is C15H22N2O3S. The first-order valence-electron chi connectivity index (χ1n) is 7.52. The highest BCUT2D eigenvalue weighted by atomic mass is 32.2. The minimum absolute atomic E-state index is 0.439. The van der Waals surface area contributed by atoms with Crippen molar-refractivity contribution in [1.82, 2.24) is 4.31 Å². The van der Waals surface area contributed by atoms with Crippen molar-refractivity contribution in [3.8, 4) is 0 Å². The number of sulfonamides is 1. The first kappa shape index (κ1) is 14.8. The normalized spacial score (nSPS) is 20.9. The number of ether oxygens (including phenoxy) is 1. The Morgan fingerprint density at radius 1 is 1.05 bits per heavy atom. The van der Waals surface area contributed by atoms with Gasteiger partial charge in [0.15, 0.2) is 0 Å². The van der Waals surface area contributed by atoms with Crippen molar-refractivity contribution in [1.29, 1.82) is 0 Å². The van der Waals surface area contributed by atoms with Gasteiger partial charge in [-0.15, -0.1) is 0 Å². The van der Waals surface area contributed by atoms with Crippen LogP contribution in [-0.4, -0.2) is 52.1 Å². The second kappa shape index (κ2) is 5.94. The number of hydrogen-bond donors (Lipinski definition) is 0. The molecule has 0 radical (unpaired) electrons. The van der Waals surface area contributed by atoms with E-state index in [1.54, 1.807) is 0 Å². The average Bonchev–Trinajstić information content (AvgIpc) is 3.03. The van der Waals surface area contributed by atoms with Gasteiger partial charge in [-0.1, -0.05) is 6.07 Å². The molecule has 0 atom stereocenters. The van der Waals surface area contributed by atoms with Crippen molar-refractivity contribution >= 4 is 15.7 Å². The van der Waals surface area contributed by atoms with Crippen molar-refractivity contribution in [2.24, 2.45) is 0 Å². The molecule has 0 amide bonds. The molecule has 1 aromatic rings. The molecule has 0 N–H and O–H groups in total. The van der Waals surface area contributed by atoms with Crippen molar-refractivity contribution in [2.45, 2.75) is 24.7 Å². The molecule has 2 aliphatic rings. The van der Waals surface area contributed by atoms with Crippen LogP contribution in [-0.2, 0) is 14.8 Å². The highest BCUT2D eigenvalue weighted by Gasteiger charge is 2.28. The molecule has 0 aliphatic carbocycles. The summed E-state index contributed by atoms with van der Waals surface area (Å²) in [6, 6.07) is 5.78. The lowest BCUT2D eigenvalue weighted by molar-refractivity contribution is 0.0730. The van der Waals surface area contributed by atoms with Gasteiger partial charge in [-0.05, 0) is 37.5 Å². The van der Waals surface area contributed by atoms with E-state index < -0.39 is 10.0 Å². The van der Waals surface area contributed by atoms with E-state index in [4.69, 9.17) is 4.74 Å². The van der Waals surface area contributed by atoms with E-state index in [1.807, 2.05) is 25.1 Å². The molecule has 1 aromatic carbocycles. The molecule has 0 bridgehead atoms. The van der Waals surface area contributed by atoms with E-state index in [2.05, 4.69) is 4.90 Å². The number of hydrogen-bond acceptors (Lipinski definition) is 4. The summed E-state index contributed by atoms with van der Waals surface area (Å²) in [7, 11) is -3.42. The molecule has 6 heteroatoms. The van der Waals surface area contributed by atoms with Crippen molar-refractivity contribution in [2.75, 3.05) is 44.3 Å². The molecule has 3 rings (SSSR count). The second-order valence-electron chi connectivity index (χ2n) is 5.66. The third-order valence-electron chi connectivity index (χ3n) is 4.23. The van der Waals surface area contributed by atoms with Crippen molar-refractivity contribution < 1.29 is 13.2 Å².